The van der Waals surface area contributed by atoms with Crippen LogP contribution in [0.1, 0.15) is 67.5 Å². The Morgan fingerprint density at radius 2 is 2.00 bits per heavy atom. The molecule has 23 heavy (non-hydrogen) atoms. The average molecular weight is 318 g/mol. The molecule has 1 aromatic heterocycles. The second-order valence-corrected chi connectivity index (χ2v) is 7.16. The predicted molar refractivity (Wildman–Crippen MR) is 91.5 cm³/mol. The monoisotopic (exact) mass is 318 g/mol. The minimum absolute atomic E-state index is 0.00530. The number of imidazole rings is 1. The third-order valence-corrected chi connectivity index (χ3v) is 5.56. The molecule has 3 rings (SSSR count). The zero-order valence-corrected chi connectivity index (χ0v) is 14.6. The molecule has 1 N–H and O–H groups in total. The smallest absolute Gasteiger partial charge is 0.269 e. The number of carbonyl (C=O) groups is 1. The van der Waals surface area contributed by atoms with E-state index in [0.717, 1.165) is 24.7 Å². The van der Waals surface area contributed by atoms with Gasteiger partial charge in [0, 0.05) is 25.7 Å². The maximum Gasteiger partial charge on any atom is 0.269 e. The molecule has 0 radical (unpaired) electrons. The zero-order chi connectivity index (χ0) is 16.2. The lowest BCUT2D eigenvalue weighted by Gasteiger charge is -2.40. The molecule has 1 aliphatic carbocycles. The molecular weight excluding hydrogens is 288 g/mol. The number of aromatic nitrogens is 2. The van der Waals surface area contributed by atoms with Crippen molar-refractivity contribution in [3.63, 3.8) is 0 Å². The van der Waals surface area contributed by atoms with Crippen LogP contribution in [0.25, 0.3) is 0 Å². The lowest BCUT2D eigenvalue weighted by Crippen LogP contribution is -2.46. The molecule has 2 heterocycles. The van der Waals surface area contributed by atoms with Gasteiger partial charge in [0.2, 0.25) is 0 Å². The first-order valence-electron chi connectivity index (χ1n) is 9.18. The molecule has 1 saturated carbocycles. The number of nitrogens with zero attached hydrogens (tertiary/aromatic N) is 3. The van der Waals surface area contributed by atoms with Gasteiger partial charge in [0.25, 0.3) is 5.91 Å². The Kier molecular flexibility index (Phi) is 5.36. The van der Waals surface area contributed by atoms with Crippen LogP contribution in [-0.2, 0) is 7.05 Å². The molecule has 128 valence electrons. The van der Waals surface area contributed by atoms with Crippen LogP contribution in [0.3, 0.4) is 0 Å². The van der Waals surface area contributed by atoms with E-state index in [1.165, 1.54) is 51.5 Å². The topological polar surface area (TPSA) is 50.2 Å². The van der Waals surface area contributed by atoms with E-state index in [4.69, 9.17) is 0 Å². The lowest BCUT2D eigenvalue weighted by molar-refractivity contribution is 0.0856. The molecular formula is C18H30N4O. The first kappa shape index (κ1) is 16.5. The Morgan fingerprint density at radius 1 is 1.26 bits per heavy atom. The van der Waals surface area contributed by atoms with Crippen molar-refractivity contribution in [1.29, 1.82) is 0 Å². The van der Waals surface area contributed by atoms with E-state index in [1.54, 1.807) is 10.9 Å². The van der Waals surface area contributed by atoms with E-state index in [0.29, 0.717) is 11.7 Å². The summed E-state index contributed by atoms with van der Waals surface area (Å²) in [5.41, 5.74) is 1.48. The van der Waals surface area contributed by atoms with Crippen molar-refractivity contribution < 1.29 is 4.79 Å². The van der Waals surface area contributed by atoms with E-state index >= 15 is 0 Å². The number of hydrogen-bond acceptors (Lipinski definition) is 3. The summed E-state index contributed by atoms with van der Waals surface area (Å²) in [5, 5.41) is 3.10. The minimum atomic E-state index is 0.00530. The van der Waals surface area contributed by atoms with Crippen molar-refractivity contribution in [2.75, 3.05) is 13.1 Å². The number of amides is 1. The number of piperidine rings is 1. The van der Waals surface area contributed by atoms with E-state index in [-0.39, 0.29) is 5.91 Å². The van der Waals surface area contributed by atoms with Crippen molar-refractivity contribution in [3.8, 4) is 0 Å². The fraction of sp³-hybridized carbons (Fsp3) is 0.778. The Balaban J connectivity index is 1.51. The SMILES string of the molecule is Cc1ncn(C)c1C(=O)NCC[C@@H]1CCCCN1C1CCCC1. The highest BCUT2D eigenvalue weighted by atomic mass is 16.1. The van der Waals surface area contributed by atoms with E-state index < -0.39 is 0 Å². The Hall–Kier alpha value is -1.36. The third kappa shape index (κ3) is 3.77. The normalized spacial score (nSPS) is 23.3. The third-order valence-electron chi connectivity index (χ3n) is 5.56. The minimum Gasteiger partial charge on any atom is -0.351 e. The highest BCUT2D eigenvalue weighted by molar-refractivity contribution is 5.93. The number of aryl methyl sites for hydroxylation is 2. The molecule has 1 saturated heterocycles. The molecule has 0 bridgehead atoms. The van der Waals surface area contributed by atoms with E-state index in [9.17, 15) is 4.79 Å². The standard InChI is InChI=1S/C18H30N4O/c1-14-17(21(2)13-20-14)18(23)19-11-10-16-9-5-6-12-22(16)15-7-3-4-8-15/h13,15-16H,3-12H2,1-2H3,(H,19,23)/t16-/m0/s1. The second kappa shape index (κ2) is 7.47. The van der Waals surface area contributed by atoms with Gasteiger partial charge in [-0.05, 0) is 45.6 Å². The number of rotatable bonds is 5. The summed E-state index contributed by atoms with van der Waals surface area (Å²) in [5.74, 6) is 0.00530. The largest absolute Gasteiger partial charge is 0.351 e. The van der Waals surface area contributed by atoms with E-state index in [1.807, 2.05) is 14.0 Å². The van der Waals surface area contributed by atoms with Crippen LogP contribution >= 0.6 is 0 Å². The predicted octanol–water partition coefficient (Wildman–Crippen LogP) is 2.65. The fourth-order valence-electron chi connectivity index (χ4n) is 4.36. The summed E-state index contributed by atoms with van der Waals surface area (Å²) in [7, 11) is 1.87. The molecule has 2 aliphatic rings. The summed E-state index contributed by atoms with van der Waals surface area (Å²) < 4.78 is 1.80. The molecule has 1 amide bonds. The van der Waals surface area contributed by atoms with Crippen LogP contribution in [-0.4, -0.2) is 45.5 Å². The van der Waals surface area contributed by atoms with Crippen molar-refractivity contribution in [2.24, 2.45) is 7.05 Å². The number of nitrogens with one attached hydrogen (secondary N) is 1. The Bertz CT molecular complexity index is 514. The summed E-state index contributed by atoms with van der Waals surface area (Å²) in [6, 6.07) is 1.45. The number of hydrogen-bond donors (Lipinski definition) is 1. The molecule has 0 aromatic carbocycles. The molecule has 2 fully saturated rings. The van der Waals surface area contributed by atoms with Gasteiger partial charge in [0.05, 0.1) is 12.0 Å². The van der Waals surface area contributed by atoms with Gasteiger partial charge in [-0.15, -0.1) is 0 Å². The summed E-state index contributed by atoms with van der Waals surface area (Å²) in [6.45, 7) is 3.90. The van der Waals surface area contributed by atoms with Crippen LogP contribution in [0.2, 0.25) is 0 Å². The van der Waals surface area contributed by atoms with Gasteiger partial charge < -0.3 is 9.88 Å². The quantitative estimate of drug-likeness (QED) is 0.908. The maximum absolute atomic E-state index is 12.3. The van der Waals surface area contributed by atoms with Crippen LogP contribution in [0.5, 0.6) is 0 Å². The second-order valence-electron chi connectivity index (χ2n) is 7.16. The van der Waals surface area contributed by atoms with Gasteiger partial charge in [-0.2, -0.15) is 0 Å². The van der Waals surface area contributed by atoms with Crippen LogP contribution in [0, 0.1) is 6.92 Å². The van der Waals surface area contributed by atoms with Gasteiger partial charge >= 0.3 is 0 Å². The van der Waals surface area contributed by atoms with E-state index in [2.05, 4.69) is 15.2 Å². The molecule has 1 aromatic rings. The van der Waals surface area contributed by atoms with Crippen LogP contribution in [0.15, 0.2) is 6.33 Å². The van der Waals surface area contributed by atoms with Crippen LogP contribution < -0.4 is 5.32 Å². The van der Waals surface area contributed by atoms with Crippen molar-refractivity contribution >= 4 is 5.91 Å². The van der Waals surface area contributed by atoms with Crippen molar-refractivity contribution in [3.05, 3.63) is 17.7 Å². The maximum atomic E-state index is 12.3. The van der Waals surface area contributed by atoms with Crippen molar-refractivity contribution in [1.82, 2.24) is 19.8 Å². The van der Waals surface area contributed by atoms with Gasteiger partial charge in [0.1, 0.15) is 5.69 Å². The number of likely N-dealkylation sites (tertiary alicyclic amines) is 1. The number of carbonyl (C=O) groups excluding carboxylic acids is 1. The molecule has 1 atom stereocenters. The van der Waals surface area contributed by atoms with Gasteiger partial charge in [-0.1, -0.05) is 19.3 Å². The van der Waals surface area contributed by atoms with Crippen LogP contribution in [0.4, 0.5) is 0 Å². The molecule has 5 heteroatoms. The zero-order valence-electron chi connectivity index (χ0n) is 14.6. The molecule has 1 aliphatic heterocycles. The first-order valence-corrected chi connectivity index (χ1v) is 9.18. The summed E-state index contributed by atoms with van der Waals surface area (Å²) >= 11 is 0. The van der Waals surface area contributed by atoms with Gasteiger partial charge in [0.15, 0.2) is 0 Å². The average Bonchev–Trinajstić information content (AvgIpc) is 3.18. The molecule has 5 nitrogen and oxygen atoms in total. The van der Waals surface area contributed by atoms with Crippen molar-refractivity contribution in [2.45, 2.75) is 70.4 Å². The Morgan fingerprint density at radius 3 is 2.70 bits per heavy atom. The fourth-order valence-corrected chi connectivity index (χ4v) is 4.36. The molecule has 0 unspecified atom stereocenters. The highest BCUT2D eigenvalue weighted by Gasteiger charge is 2.30. The summed E-state index contributed by atoms with van der Waals surface area (Å²) in [4.78, 5) is 19.3. The lowest BCUT2D eigenvalue weighted by atomic mass is 9.96. The first-order chi connectivity index (χ1) is 11.2. The van der Waals surface area contributed by atoms with Gasteiger partial charge in [-0.3, -0.25) is 9.69 Å². The summed E-state index contributed by atoms with van der Waals surface area (Å²) in [6.07, 6.45) is 12.3. The molecule has 0 spiro atoms. The highest BCUT2D eigenvalue weighted by Crippen LogP contribution is 2.30. The van der Waals surface area contributed by atoms with Gasteiger partial charge in [-0.25, -0.2) is 4.98 Å². The Labute approximate surface area is 139 Å².